The molecule has 0 spiro atoms. The second-order valence-corrected chi connectivity index (χ2v) is 6.99. The number of hydrogen-bond donors (Lipinski definition) is 1. The molecule has 0 aliphatic rings. The van der Waals surface area contributed by atoms with Gasteiger partial charge in [0.25, 0.3) is 0 Å². The van der Waals surface area contributed by atoms with Crippen LogP contribution < -0.4 is 9.47 Å². The molecule has 1 heterocycles. The first-order chi connectivity index (χ1) is 13.7. The van der Waals surface area contributed by atoms with Crippen LogP contribution >= 0.6 is 11.3 Å². The van der Waals surface area contributed by atoms with Gasteiger partial charge in [0.2, 0.25) is 0 Å². The van der Waals surface area contributed by atoms with Gasteiger partial charge in [-0.3, -0.25) is 0 Å². The molecule has 0 bridgehead atoms. The average Bonchev–Trinajstić information content (AvgIpc) is 3.23. The summed E-state index contributed by atoms with van der Waals surface area (Å²) in [6.45, 7) is 0.414. The summed E-state index contributed by atoms with van der Waals surface area (Å²) in [7, 11) is 1.58. The summed E-state index contributed by atoms with van der Waals surface area (Å²) < 4.78 is 11.5. The molecule has 0 radical (unpaired) electrons. The Morgan fingerprint density at radius 2 is 1.89 bits per heavy atom. The Balaban J connectivity index is 1.58. The second kappa shape index (κ2) is 7.70. The number of aromatic nitrogens is 1. The molecule has 28 heavy (non-hydrogen) atoms. The van der Waals surface area contributed by atoms with Gasteiger partial charge in [-0.25, -0.2) is 9.78 Å². The number of carboxylic acid groups (broad SMARTS) is 1. The molecular weight excluding hydrogens is 374 g/mol. The summed E-state index contributed by atoms with van der Waals surface area (Å²) in [6, 6.07) is 19.8. The maximum absolute atomic E-state index is 11.0. The zero-order valence-corrected chi connectivity index (χ0v) is 15.9. The smallest absolute Gasteiger partial charge is 0.355 e. The number of thiazole rings is 1. The number of ether oxygens (including phenoxy) is 2. The molecule has 4 aromatic rings. The van der Waals surface area contributed by atoms with Crippen molar-refractivity contribution < 1.29 is 19.4 Å². The minimum Gasteiger partial charge on any atom is -0.493 e. The molecule has 0 fully saturated rings. The highest BCUT2D eigenvalue weighted by atomic mass is 32.1. The van der Waals surface area contributed by atoms with E-state index in [0.717, 1.165) is 16.5 Å². The van der Waals surface area contributed by atoms with Crippen LogP contribution in [0, 0.1) is 0 Å². The van der Waals surface area contributed by atoms with Crippen molar-refractivity contribution in [3.63, 3.8) is 0 Å². The van der Waals surface area contributed by atoms with E-state index in [4.69, 9.17) is 14.6 Å². The third-order valence-corrected chi connectivity index (χ3v) is 5.29. The Kier molecular flexibility index (Phi) is 4.95. The van der Waals surface area contributed by atoms with E-state index < -0.39 is 5.97 Å². The number of nitrogens with zero attached hydrogens (tertiary/aromatic N) is 1. The lowest BCUT2D eigenvalue weighted by molar-refractivity contribution is 0.0691. The number of rotatable bonds is 6. The van der Waals surface area contributed by atoms with E-state index in [1.54, 1.807) is 7.11 Å². The van der Waals surface area contributed by atoms with Crippen LogP contribution in [-0.4, -0.2) is 23.2 Å². The summed E-state index contributed by atoms with van der Waals surface area (Å²) in [4.78, 5) is 15.2. The molecule has 0 atom stereocenters. The monoisotopic (exact) mass is 391 g/mol. The van der Waals surface area contributed by atoms with E-state index in [0.29, 0.717) is 23.1 Å². The molecule has 0 amide bonds. The maximum Gasteiger partial charge on any atom is 0.355 e. The van der Waals surface area contributed by atoms with Crippen molar-refractivity contribution >= 4 is 28.1 Å². The summed E-state index contributed by atoms with van der Waals surface area (Å²) in [5.41, 5.74) is 1.91. The fourth-order valence-electron chi connectivity index (χ4n) is 3.00. The van der Waals surface area contributed by atoms with Crippen LogP contribution in [0.1, 0.15) is 16.1 Å². The molecule has 140 valence electrons. The number of aromatic carboxylic acids is 1. The third-order valence-electron chi connectivity index (χ3n) is 4.40. The minimum absolute atomic E-state index is 0.0373. The van der Waals surface area contributed by atoms with Crippen LogP contribution in [0.2, 0.25) is 0 Å². The number of hydrogen-bond acceptors (Lipinski definition) is 5. The Bertz CT molecular complexity index is 1150. The van der Waals surface area contributed by atoms with E-state index in [9.17, 15) is 4.79 Å². The Morgan fingerprint density at radius 1 is 1.07 bits per heavy atom. The van der Waals surface area contributed by atoms with Gasteiger partial charge in [0.15, 0.2) is 17.2 Å². The molecule has 0 saturated carbocycles. The van der Waals surface area contributed by atoms with Gasteiger partial charge in [0.05, 0.1) is 7.11 Å². The molecule has 1 aromatic heterocycles. The largest absolute Gasteiger partial charge is 0.493 e. The van der Waals surface area contributed by atoms with Gasteiger partial charge in [-0.1, -0.05) is 42.5 Å². The van der Waals surface area contributed by atoms with Crippen LogP contribution in [0.15, 0.2) is 66.0 Å². The van der Waals surface area contributed by atoms with E-state index in [2.05, 4.69) is 23.2 Å². The molecule has 6 heteroatoms. The molecule has 5 nitrogen and oxygen atoms in total. The number of benzene rings is 3. The van der Waals surface area contributed by atoms with Crippen molar-refractivity contribution in [1.29, 1.82) is 0 Å². The van der Waals surface area contributed by atoms with E-state index in [-0.39, 0.29) is 5.69 Å². The van der Waals surface area contributed by atoms with E-state index >= 15 is 0 Å². The maximum atomic E-state index is 11.0. The number of carbonyl (C=O) groups is 1. The van der Waals surface area contributed by atoms with Crippen molar-refractivity contribution in [2.24, 2.45) is 0 Å². The van der Waals surface area contributed by atoms with Crippen molar-refractivity contribution in [3.8, 4) is 22.1 Å². The predicted octanol–water partition coefficient (Wildman–Crippen LogP) is 5.25. The van der Waals surface area contributed by atoms with Gasteiger partial charge < -0.3 is 14.6 Å². The van der Waals surface area contributed by atoms with Gasteiger partial charge in [-0.05, 0) is 34.5 Å². The quantitative estimate of drug-likeness (QED) is 0.486. The SMILES string of the molecule is COc1cc(-c2nc(C(=O)O)cs2)ccc1OCc1cccc2ccccc12. The molecular formula is C22H17NO4S. The first-order valence-corrected chi connectivity index (χ1v) is 9.50. The fourth-order valence-corrected chi connectivity index (χ4v) is 3.79. The minimum atomic E-state index is -1.04. The zero-order valence-electron chi connectivity index (χ0n) is 15.1. The summed E-state index contributed by atoms with van der Waals surface area (Å²) >= 11 is 1.28. The highest BCUT2D eigenvalue weighted by Gasteiger charge is 2.13. The first-order valence-electron chi connectivity index (χ1n) is 8.62. The van der Waals surface area contributed by atoms with Crippen LogP contribution in [0.4, 0.5) is 0 Å². The number of methoxy groups -OCH3 is 1. The van der Waals surface area contributed by atoms with Crippen LogP contribution in [0.25, 0.3) is 21.3 Å². The first kappa shape index (κ1) is 18.0. The zero-order chi connectivity index (χ0) is 19.5. The fraction of sp³-hybridized carbons (Fsp3) is 0.0909. The molecule has 0 aliphatic heterocycles. The third kappa shape index (κ3) is 3.54. The van der Waals surface area contributed by atoms with Crippen molar-refractivity contribution in [3.05, 3.63) is 77.3 Å². The van der Waals surface area contributed by atoms with E-state index in [1.807, 2.05) is 42.5 Å². The van der Waals surface area contributed by atoms with Gasteiger partial charge in [-0.2, -0.15) is 0 Å². The number of fused-ring (bicyclic) bond motifs is 1. The normalized spacial score (nSPS) is 10.8. The van der Waals surface area contributed by atoms with Gasteiger partial charge in [0, 0.05) is 10.9 Å². The highest BCUT2D eigenvalue weighted by molar-refractivity contribution is 7.13. The summed E-state index contributed by atoms with van der Waals surface area (Å²) in [6.07, 6.45) is 0. The lowest BCUT2D eigenvalue weighted by atomic mass is 10.1. The molecule has 4 rings (SSSR count). The van der Waals surface area contributed by atoms with Crippen LogP contribution in [0.5, 0.6) is 11.5 Å². The molecule has 1 N–H and O–H groups in total. The van der Waals surface area contributed by atoms with Gasteiger partial charge in [-0.15, -0.1) is 11.3 Å². The molecule has 0 aliphatic carbocycles. The van der Waals surface area contributed by atoms with Crippen molar-refractivity contribution in [2.75, 3.05) is 7.11 Å². The van der Waals surface area contributed by atoms with Crippen LogP contribution in [-0.2, 0) is 6.61 Å². The van der Waals surface area contributed by atoms with Gasteiger partial charge >= 0.3 is 5.97 Å². The highest BCUT2D eigenvalue weighted by Crippen LogP contribution is 2.34. The van der Waals surface area contributed by atoms with Crippen molar-refractivity contribution in [1.82, 2.24) is 4.98 Å². The summed E-state index contributed by atoms with van der Waals surface area (Å²) in [5.74, 6) is 0.156. The van der Waals surface area contributed by atoms with Crippen molar-refractivity contribution in [2.45, 2.75) is 6.61 Å². The second-order valence-electron chi connectivity index (χ2n) is 6.14. The molecule has 0 saturated heterocycles. The predicted molar refractivity (Wildman–Crippen MR) is 109 cm³/mol. The Hall–Kier alpha value is -3.38. The lowest BCUT2D eigenvalue weighted by Gasteiger charge is -2.13. The van der Waals surface area contributed by atoms with Crippen LogP contribution in [0.3, 0.4) is 0 Å². The standard InChI is InChI=1S/C22H17NO4S/c1-26-20-11-15(21-23-18(13-28-21)22(24)25)9-10-19(20)27-12-16-7-4-6-14-5-2-3-8-17(14)16/h2-11,13H,12H2,1H3,(H,24,25). The Morgan fingerprint density at radius 3 is 2.68 bits per heavy atom. The van der Waals surface area contributed by atoms with Gasteiger partial charge in [0.1, 0.15) is 11.6 Å². The topological polar surface area (TPSA) is 68.7 Å². The van der Waals surface area contributed by atoms with E-state index in [1.165, 1.54) is 22.1 Å². The summed E-state index contributed by atoms with van der Waals surface area (Å²) in [5, 5.41) is 13.5. The molecule has 0 unspecified atom stereocenters. The average molecular weight is 391 g/mol. The lowest BCUT2D eigenvalue weighted by Crippen LogP contribution is -1.99. The number of carboxylic acids is 1. The Labute approximate surface area is 165 Å². The molecule has 3 aromatic carbocycles.